The molecule has 1 aliphatic rings. The summed E-state index contributed by atoms with van der Waals surface area (Å²) in [6, 6.07) is 9.54. The number of piperazine rings is 1. The molecule has 0 spiro atoms. The summed E-state index contributed by atoms with van der Waals surface area (Å²) in [5.74, 6) is -0.756. The maximum atomic E-state index is 14.0. The Morgan fingerprint density at radius 1 is 1.03 bits per heavy atom. The Morgan fingerprint density at radius 3 is 2.44 bits per heavy atom. The minimum atomic E-state index is -4.55. The van der Waals surface area contributed by atoms with E-state index in [1.807, 2.05) is 9.80 Å². The number of hydrogen-bond donors (Lipinski definition) is 1. The number of benzene rings is 2. The summed E-state index contributed by atoms with van der Waals surface area (Å²) in [4.78, 5) is 20.2. The molecule has 0 atom stereocenters. The Labute approximate surface area is 181 Å². The molecule has 0 unspecified atom stereocenters. The monoisotopic (exact) mass is 448 g/mol. The predicted molar refractivity (Wildman–Crippen MR) is 110 cm³/mol. The molecule has 2 heterocycles. The van der Waals surface area contributed by atoms with Crippen LogP contribution < -0.4 is 10.2 Å². The van der Waals surface area contributed by atoms with Crippen molar-refractivity contribution in [3.8, 4) is 5.69 Å². The maximum absolute atomic E-state index is 14.0. The summed E-state index contributed by atoms with van der Waals surface area (Å²) in [5.41, 5.74) is -0.109. The van der Waals surface area contributed by atoms with E-state index in [1.165, 1.54) is 29.5 Å². The van der Waals surface area contributed by atoms with E-state index in [0.717, 1.165) is 12.1 Å². The molecule has 0 radical (unpaired) electrons. The van der Waals surface area contributed by atoms with Crippen molar-refractivity contribution in [1.29, 1.82) is 0 Å². The van der Waals surface area contributed by atoms with E-state index in [2.05, 4.69) is 15.4 Å². The molecule has 11 heteroatoms. The highest BCUT2D eigenvalue weighted by Gasteiger charge is 2.31. The van der Waals surface area contributed by atoms with Gasteiger partial charge >= 0.3 is 6.18 Å². The summed E-state index contributed by atoms with van der Waals surface area (Å²) in [7, 11) is 0. The van der Waals surface area contributed by atoms with Crippen molar-refractivity contribution >= 4 is 17.3 Å². The van der Waals surface area contributed by atoms with Crippen molar-refractivity contribution in [3.05, 3.63) is 66.5 Å². The molecule has 4 rings (SSSR count). The highest BCUT2D eigenvalue weighted by molar-refractivity contribution is 5.94. The van der Waals surface area contributed by atoms with E-state index in [-0.39, 0.29) is 23.7 Å². The minimum absolute atomic E-state index is 0.00183. The third-order valence-electron chi connectivity index (χ3n) is 5.20. The topological polar surface area (TPSA) is 66.3 Å². The number of para-hydroxylation sites is 1. The predicted octanol–water partition coefficient (Wildman–Crippen LogP) is 3.19. The van der Waals surface area contributed by atoms with Gasteiger partial charge in [-0.15, -0.1) is 0 Å². The van der Waals surface area contributed by atoms with Crippen molar-refractivity contribution < 1.29 is 22.4 Å². The quantitative estimate of drug-likeness (QED) is 0.608. The summed E-state index contributed by atoms with van der Waals surface area (Å²) in [6.45, 7) is 2.09. The average molecular weight is 448 g/mol. The highest BCUT2D eigenvalue weighted by Crippen LogP contribution is 2.33. The lowest BCUT2D eigenvalue weighted by Crippen LogP contribution is -2.49. The van der Waals surface area contributed by atoms with E-state index in [9.17, 15) is 22.4 Å². The maximum Gasteiger partial charge on any atom is 0.416 e. The second-order valence-electron chi connectivity index (χ2n) is 7.33. The normalized spacial score (nSPS) is 15.1. The Hall–Kier alpha value is -3.47. The van der Waals surface area contributed by atoms with Gasteiger partial charge < -0.3 is 10.2 Å². The Kier molecular flexibility index (Phi) is 6.08. The van der Waals surface area contributed by atoms with Gasteiger partial charge in [0.05, 0.1) is 29.2 Å². The van der Waals surface area contributed by atoms with Crippen molar-refractivity contribution in [1.82, 2.24) is 19.7 Å². The van der Waals surface area contributed by atoms with Crippen LogP contribution >= 0.6 is 0 Å². The van der Waals surface area contributed by atoms with E-state index < -0.39 is 17.6 Å². The number of nitrogens with one attached hydrogen (secondary N) is 1. The standard InChI is InChI=1S/C21H20F4N6O/c22-16-3-1-2-4-18(16)30-9-7-29(8-10-30)12-20(32)28-17-11-15(21(23,24)25)5-6-19(17)31-14-26-13-27-31/h1-6,11,13-14H,7-10,12H2,(H,28,32). The van der Waals surface area contributed by atoms with Gasteiger partial charge in [0.15, 0.2) is 0 Å². The molecule has 0 bridgehead atoms. The molecule has 1 saturated heterocycles. The van der Waals surface area contributed by atoms with E-state index >= 15 is 0 Å². The first-order valence-corrected chi connectivity index (χ1v) is 9.89. The number of anilines is 2. The number of halogens is 4. The first-order chi connectivity index (χ1) is 15.3. The van der Waals surface area contributed by atoms with Crippen molar-refractivity contribution in [2.24, 2.45) is 0 Å². The Morgan fingerprint density at radius 2 is 1.78 bits per heavy atom. The van der Waals surface area contributed by atoms with E-state index in [4.69, 9.17) is 0 Å². The van der Waals surface area contributed by atoms with Crippen LogP contribution in [0.25, 0.3) is 5.69 Å². The first-order valence-electron chi connectivity index (χ1n) is 9.89. The van der Waals surface area contributed by atoms with Crippen LogP contribution in [-0.2, 0) is 11.0 Å². The number of hydrogen-bond acceptors (Lipinski definition) is 5. The average Bonchev–Trinajstić information content (AvgIpc) is 3.29. The summed E-state index contributed by atoms with van der Waals surface area (Å²) in [5, 5.41) is 6.50. The number of aromatic nitrogens is 3. The molecule has 168 valence electrons. The number of alkyl halides is 3. The fraction of sp³-hybridized carbons (Fsp3) is 0.286. The largest absolute Gasteiger partial charge is 0.416 e. The highest BCUT2D eigenvalue weighted by atomic mass is 19.4. The number of amides is 1. The lowest BCUT2D eigenvalue weighted by atomic mass is 10.1. The summed E-state index contributed by atoms with van der Waals surface area (Å²) in [6.07, 6.45) is -1.97. The van der Waals surface area contributed by atoms with Crippen molar-refractivity contribution in [2.45, 2.75) is 6.18 Å². The summed E-state index contributed by atoms with van der Waals surface area (Å²) >= 11 is 0. The van der Waals surface area contributed by atoms with Crippen LogP contribution in [0.5, 0.6) is 0 Å². The molecule has 0 saturated carbocycles. The molecular formula is C21H20F4N6O. The fourth-order valence-electron chi connectivity index (χ4n) is 3.59. The van der Waals surface area contributed by atoms with E-state index in [1.54, 1.807) is 18.2 Å². The lowest BCUT2D eigenvalue weighted by molar-refractivity contribution is -0.137. The zero-order valence-corrected chi connectivity index (χ0v) is 16.9. The SMILES string of the molecule is O=C(CN1CCN(c2ccccc2F)CC1)Nc1cc(C(F)(F)F)ccc1-n1cncn1. The minimum Gasteiger partial charge on any atom is -0.367 e. The molecule has 1 amide bonds. The molecule has 2 aromatic carbocycles. The third-order valence-corrected chi connectivity index (χ3v) is 5.20. The molecule has 3 aromatic rings. The molecule has 1 aromatic heterocycles. The smallest absolute Gasteiger partial charge is 0.367 e. The summed E-state index contributed by atoms with van der Waals surface area (Å²) < 4.78 is 54.8. The van der Waals surface area contributed by atoms with Gasteiger partial charge in [-0.25, -0.2) is 14.1 Å². The van der Waals surface area contributed by atoms with Crippen molar-refractivity contribution in [3.63, 3.8) is 0 Å². The van der Waals surface area contributed by atoms with Gasteiger partial charge in [-0.2, -0.15) is 18.3 Å². The molecule has 1 aliphatic heterocycles. The van der Waals surface area contributed by atoms with Gasteiger partial charge in [0, 0.05) is 26.2 Å². The fourth-order valence-corrected chi connectivity index (χ4v) is 3.59. The zero-order chi connectivity index (χ0) is 22.7. The van der Waals surface area contributed by atoms with Gasteiger partial charge in [-0.05, 0) is 30.3 Å². The van der Waals surface area contributed by atoms with Gasteiger partial charge in [-0.1, -0.05) is 12.1 Å². The molecular weight excluding hydrogens is 428 g/mol. The number of rotatable bonds is 5. The van der Waals surface area contributed by atoms with Gasteiger partial charge in [-0.3, -0.25) is 9.69 Å². The van der Waals surface area contributed by atoms with Gasteiger partial charge in [0.2, 0.25) is 5.91 Å². The molecule has 0 aliphatic carbocycles. The van der Waals surface area contributed by atoms with Gasteiger partial charge in [0.1, 0.15) is 18.5 Å². The van der Waals surface area contributed by atoms with Crippen LogP contribution in [0.3, 0.4) is 0 Å². The van der Waals surface area contributed by atoms with Crippen LogP contribution in [0.15, 0.2) is 55.1 Å². The van der Waals surface area contributed by atoms with Crippen LogP contribution in [-0.4, -0.2) is 58.3 Å². The van der Waals surface area contributed by atoms with Crippen molar-refractivity contribution in [2.75, 3.05) is 42.9 Å². The second kappa shape index (κ2) is 8.95. The van der Waals surface area contributed by atoms with Crippen LogP contribution in [0.4, 0.5) is 28.9 Å². The number of nitrogens with zero attached hydrogens (tertiary/aromatic N) is 5. The van der Waals surface area contributed by atoms with Gasteiger partial charge in [0.25, 0.3) is 0 Å². The molecule has 7 nitrogen and oxygen atoms in total. The molecule has 1 fully saturated rings. The molecule has 32 heavy (non-hydrogen) atoms. The first kappa shape index (κ1) is 21.8. The molecule has 1 N–H and O–H groups in total. The van der Waals surface area contributed by atoms with Crippen LogP contribution in [0, 0.1) is 5.82 Å². The zero-order valence-electron chi connectivity index (χ0n) is 16.9. The Bertz CT molecular complexity index is 1080. The van der Waals surface area contributed by atoms with Crippen LogP contribution in [0.2, 0.25) is 0 Å². The number of carbonyl (C=O) groups excluding carboxylic acids is 1. The van der Waals surface area contributed by atoms with Crippen LogP contribution in [0.1, 0.15) is 5.56 Å². The Balaban J connectivity index is 1.42. The lowest BCUT2D eigenvalue weighted by Gasteiger charge is -2.35. The second-order valence-corrected chi connectivity index (χ2v) is 7.33. The number of carbonyl (C=O) groups is 1. The van der Waals surface area contributed by atoms with E-state index in [0.29, 0.717) is 31.9 Å². The third kappa shape index (κ3) is 4.88.